The van der Waals surface area contributed by atoms with Crippen molar-refractivity contribution < 1.29 is 5.11 Å². The lowest BCUT2D eigenvalue weighted by Crippen LogP contribution is -2.42. The molecule has 0 aromatic heterocycles. The maximum absolute atomic E-state index is 11.0. The number of aliphatic hydroxyl groups is 1. The summed E-state index contributed by atoms with van der Waals surface area (Å²) in [5.41, 5.74) is 9.10. The molecule has 1 saturated heterocycles. The third kappa shape index (κ3) is 1.94. The number of hydrogen-bond acceptors (Lipinski definition) is 3. The minimum absolute atomic E-state index is 0.371. The van der Waals surface area contributed by atoms with Crippen LogP contribution in [0.3, 0.4) is 0 Å². The van der Waals surface area contributed by atoms with Gasteiger partial charge in [-0.05, 0) is 55.9 Å². The summed E-state index contributed by atoms with van der Waals surface area (Å²) in [5, 5.41) is 11.0. The van der Waals surface area contributed by atoms with Crippen LogP contribution in [0.1, 0.15) is 45.4 Å². The summed E-state index contributed by atoms with van der Waals surface area (Å²) in [4.78, 5) is 0. The summed E-state index contributed by atoms with van der Waals surface area (Å²) in [7, 11) is 0. The molecule has 0 spiro atoms. The standard InChI is InChI=1S/C17H26N2O/c1-11-4-6-17(20,7-5-11)14-2-3-15-12(9-14)8-13-10-18-19-16(13)15/h2-3,11-14,18-20H,4-10H2,1H3. The Bertz CT molecular complexity index is 460. The second kappa shape index (κ2) is 4.60. The fraction of sp³-hybridized carbons (Fsp3) is 0.765. The minimum Gasteiger partial charge on any atom is -0.389 e. The SMILES string of the molecule is CC1CCC(O)(C2C=CC3=C4NNCC4CC3C2)CC1. The highest BCUT2D eigenvalue weighted by Gasteiger charge is 2.44. The van der Waals surface area contributed by atoms with Gasteiger partial charge in [0.15, 0.2) is 0 Å². The highest BCUT2D eigenvalue weighted by molar-refractivity contribution is 5.38. The van der Waals surface area contributed by atoms with Gasteiger partial charge in [0.2, 0.25) is 0 Å². The molecule has 3 aliphatic carbocycles. The largest absolute Gasteiger partial charge is 0.389 e. The molecule has 1 aliphatic heterocycles. The summed E-state index contributed by atoms with van der Waals surface area (Å²) >= 11 is 0. The lowest BCUT2D eigenvalue weighted by Gasteiger charge is -2.42. The zero-order valence-corrected chi connectivity index (χ0v) is 12.4. The second-order valence-electron chi connectivity index (χ2n) is 7.49. The topological polar surface area (TPSA) is 44.3 Å². The number of hydrogen-bond donors (Lipinski definition) is 3. The Morgan fingerprint density at radius 3 is 2.80 bits per heavy atom. The van der Waals surface area contributed by atoms with Crippen LogP contribution in [0.15, 0.2) is 23.4 Å². The van der Waals surface area contributed by atoms with Gasteiger partial charge in [-0.1, -0.05) is 19.1 Å². The van der Waals surface area contributed by atoms with Crippen molar-refractivity contribution in [1.82, 2.24) is 10.9 Å². The second-order valence-corrected chi connectivity index (χ2v) is 7.49. The number of fused-ring (bicyclic) bond motifs is 2. The van der Waals surface area contributed by atoms with E-state index < -0.39 is 5.60 Å². The Morgan fingerprint density at radius 2 is 2.00 bits per heavy atom. The quantitative estimate of drug-likeness (QED) is 0.688. The predicted octanol–water partition coefficient (Wildman–Crippen LogP) is 2.50. The first-order valence-electron chi connectivity index (χ1n) is 8.29. The minimum atomic E-state index is -0.428. The van der Waals surface area contributed by atoms with Gasteiger partial charge in [0.1, 0.15) is 0 Å². The highest BCUT2D eigenvalue weighted by atomic mass is 16.3. The number of hydrazine groups is 1. The molecule has 1 heterocycles. The summed E-state index contributed by atoms with van der Waals surface area (Å²) in [6, 6.07) is 0. The predicted molar refractivity (Wildman–Crippen MR) is 79.6 cm³/mol. The van der Waals surface area contributed by atoms with Crippen LogP contribution in [0.25, 0.3) is 0 Å². The van der Waals surface area contributed by atoms with E-state index in [4.69, 9.17) is 0 Å². The van der Waals surface area contributed by atoms with Crippen molar-refractivity contribution in [2.75, 3.05) is 6.54 Å². The fourth-order valence-corrected chi connectivity index (χ4v) is 4.76. The summed E-state index contributed by atoms with van der Waals surface area (Å²) in [6.45, 7) is 3.38. The average molecular weight is 274 g/mol. The van der Waals surface area contributed by atoms with E-state index in [9.17, 15) is 5.11 Å². The van der Waals surface area contributed by atoms with E-state index in [1.165, 1.54) is 30.5 Å². The van der Waals surface area contributed by atoms with Gasteiger partial charge in [-0.2, -0.15) is 0 Å². The summed E-state index contributed by atoms with van der Waals surface area (Å²) < 4.78 is 0. The van der Waals surface area contributed by atoms with Crippen molar-refractivity contribution >= 4 is 0 Å². The van der Waals surface area contributed by atoms with Crippen LogP contribution in [-0.2, 0) is 0 Å². The summed E-state index contributed by atoms with van der Waals surface area (Å²) in [6.07, 6.45) is 11.4. The van der Waals surface area contributed by atoms with Crippen LogP contribution in [0, 0.1) is 23.7 Å². The van der Waals surface area contributed by atoms with Crippen molar-refractivity contribution in [3.63, 3.8) is 0 Å². The van der Waals surface area contributed by atoms with Gasteiger partial charge >= 0.3 is 0 Å². The molecule has 110 valence electrons. The molecule has 1 saturated carbocycles. The van der Waals surface area contributed by atoms with Crippen LogP contribution in [0.2, 0.25) is 0 Å². The normalized spacial score (nSPS) is 47.1. The number of nitrogens with one attached hydrogen (secondary N) is 2. The molecule has 3 N–H and O–H groups in total. The Balaban J connectivity index is 1.54. The Kier molecular flexibility index (Phi) is 2.97. The molecule has 0 amide bonds. The van der Waals surface area contributed by atoms with Gasteiger partial charge in [-0.25, -0.2) is 5.43 Å². The molecule has 2 fully saturated rings. The molecular formula is C17H26N2O. The van der Waals surface area contributed by atoms with E-state index in [2.05, 4.69) is 29.9 Å². The van der Waals surface area contributed by atoms with Crippen molar-refractivity contribution in [2.24, 2.45) is 23.7 Å². The first-order valence-corrected chi connectivity index (χ1v) is 8.29. The fourth-order valence-electron chi connectivity index (χ4n) is 4.76. The van der Waals surface area contributed by atoms with Gasteiger partial charge in [0.05, 0.1) is 5.60 Å². The molecule has 0 bridgehead atoms. The van der Waals surface area contributed by atoms with Crippen molar-refractivity contribution in [3.8, 4) is 0 Å². The van der Waals surface area contributed by atoms with Gasteiger partial charge in [-0.15, -0.1) is 0 Å². The third-order valence-electron chi connectivity index (χ3n) is 6.18. The molecule has 3 unspecified atom stereocenters. The maximum Gasteiger partial charge on any atom is 0.0710 e. The van der Waals surface area contributed by atoms with Crippen LogP contribution in [-0.4, -0.2) is 17.3 Å². The zero-order chi connectivity index (χ0) is 13.7. The first kappa shape index (κ1) is 12.9. The Labute approximate surface area is 121 Å². The molecule has 3 nitrogen and oxygen atoms in total. The number of allylic oxidation sites excluding steroid dienone is 2. The van der Waals surface area contributed by atoms with Crippen LogP contribution < -0.4 is 10.9 Å². The molecule has 3 heteroatoms. The maximum atomic E-state index is 11.0. The van der Waals surface area contributed by atoms with E-state index in [0.29, 0.717) is 17.8 Å². The third-order valence-corrected chi connectivity index (χ3v) is 6.18. The van der Waals surface area contributed by atoms with Crippen LogP contribution in [0.4, 0.5) is 0 Å². The van der Waals surface area contributed by atoms with E-state index in [1.807, 2.05) is 0 Å². The monoisotopic (exact) mass is 274 g/mol. The molecular weight excluding hydrogens is 248 g/mol. The van der Waals surface area contributed by atoms with Crippen molar-refractivity contribution in [1.29, 1.82) is 0 Å². The van der Waals surface area contributed by atoms with E-state index in [-0.39, 0.29) is 0 Å². The number of rotatable bonds is 1. The Morgan fingerprint density at radius 1 is 1.20 bits per heavy atom. The van der Waals surface area contributed by atoms with Gasteiger partial charge in [0, 0.05) is 24.1 Å². The lowest BCUT2D eigenvalue weighted by atomic mass is 9.67. The van der Waals surface area contributed by atoms with Gasteiger partial charge in [-0.3, -0.25) is 0 Å². The van der Waals surface area contributed by atoms with E-state index in [1.54, 1.807) is 0 Å². The molecule has 0 aromatic carbocycles. The van der Waals surface area contributed by atoms with Crippen molar-refractivity contribution in [3.05, 3.63) is 23.4 Å². The molecule has 20 heavy (non-hydrogen) atoms. The first-order chi connectivity index (χ1) is 9.66. The molecule has 4 aliphatic rings. The summed E-state index contributed by atoms with van der Waals surface area (Å²) in [5.74, 6) is 2.51. The smallest absolute Gasteiger partial charge is 0.0710 e. The molecule has 4 rings (SSSR count). The van der Waals surface area contributed by atoms with Gasteiger partial charge in [0.25, 0.3) is 0 Å². The van der Waals surface area contributed by atoms with Crippen molar-refractivity contribution in [2.45, 2.75) is 51.0 Å². The average Bonchev–Trinajstić information content (AvgIpc) is 3.02. The van der Waals surface area contributed by atoms with Gasteiger partial charge < -0.3 is 10.5 Å². The molecule has 0 aromatic rings. The van der Waals surface area contributed by atoms with Crippen LogP contribution >= 0.6 is 0 Å². The van der Waals surface area contributed by atoms with E-state index in [0.717, 1.165) is 31.7 Å². The lowest BCUT2D eigenvalue weighted by molar-refractivity contribution is -0.0489. The molecule has 0 radical (unpaired) electrons. The molecule has 3 atom stereocenters. The Hall–Kier alpha value is -0.800. The highest BCUT2D eigenvalue weighted by Crippen LogP contribution is 2.48. The van der Waals surface area contributed by atoms with E-state index >= 15 is 0 Å². The van der Waals surface area contributed by atoms with Crippen LogP contribution in [0.5, 0.6) is 0 Å². The zero-order valence-electron chi connectivity index (χ0n) is 12.4.